The molecule has 0 aliphatic carbocycles. The van der Waals surface area contributed by atoms with Crippen molar-refractivity contribution in [3.8, 4) is 0 Å². The zero-order valence-corrected chi connectivity index (χ0v) is 13.4. The lowest BCUT2D eigenvalue weighted by Gasteiger charge is -2.16. The van der Waals surface area contributed by atoms with Gasteiger partial charge in [0.1, 0.15) is 0 Å². The number of halogens is 3. The van der Waals surface area contributed by atoms with E-state index in [1.54, 1.807) is 10.9 Å². The van der Waals surface area contributed by atoms with E-state index < -0.39 is 17.8 Å². The molecule has 0 radical (unpaired) electrons. The van der Waals surface area contributed by atoms with Crippen LogP contribution in [0.3, 0.4) is 0 Å². The summed E-state index contributed by atoms with van der Waals surface area (Å²) in [5.74, 6) is 0. The Hall–Kier alpha value is -2.51. The van der Waals surface area contributed by atoms with Gasteiger partial charge < -0.3 is 10.6 Å². The third-order valence-electron chi connectivity index (χ3n) is 3.56. The van der Waals surface area contributed by atoms with Gasteiger partial charge in [-0.25, -0.2) is 4.79 Å². The van der Waals surface area contributed by atoms with E-state index in [4.69, 9.17) is 0 Å². The SMILES string of the molecule is CC[C@@H](NC(=O)Nc1ccc(C(F)(F)F)cc1)c1cnn(CC)c1. The Morgan fingerprint density at radius 2 is 1.92 bits per heavy atom. The maximum absolute atomic E-state index is 12.5. The van der Waals surface area contributed by atoms with Crippen molar-refractivity contribution in [1.82, 2.24) is 15.1 Å². The Bertz CT molecular complexity index is 679. The quantitative estimate of drug-likeness (QED) is 0.857. The molecule has 0 saturated heterocycles. The van der Waals surface area contributed by atoms with E-state index in [1.807, 2.05) is 20.0 Å². The monoisotopic (exact) mass is 340 g/mol. The second-order valence-corrected chi connectivity index (χ2v) is 5.26. The lowest BCUT2D eigenvalue weighted by Crippen LogP contribution is -2.32. The highest BCUT2D eigenvalue weighted by Crippen LogP contribution is 2.29. The number of benzene rings is 1. The van der Waals surface area contributed by atoms with Crippen molar-refractivity contribution in [3.63, 3.8) is 0 Å². The highest BCUT2D eigenvalue weighted by molar-refractivity contribution is 5.89. The molecule has 5 nitrogen and oxygen atoms in total. The summed E-state index contributed by atoms with van der Waals surface area (Å²) in [6.07, 6.45) is -0.188. The van der Waals surface area contributed by atoms with Crippen LogP contribution in [0.1, 0.15) is 37.4 Å². The van der Waals surface area contributed by atoms with Gasteiger partial charge in [0.2, 0.25) is 0 Å². The fourth-order valence-electron chi connectivity index (χ4n) is 2.22. The molecule has 0 bridgehead atoms. The fourth-order valence-corrected chi connectivity index (χ4v) is 2.22. The van der Waals surface area contributed by atoms with Gasteiger partial charge in [-0.2, -0.15) is 18.3 Å². The van der Waals surface area contributed by atoms with Crippen LogP contribution in [-0.2, 0) is 12.7 Å². The molecule has 0 unspecified atom stereocenters. The molecule has 1 heterocycles. The summed E-state index contributed by atoms with van der Waals surface area (Å²) in [4.78, 5) is 12.0. The summed E-state index contributed by atoms with van der Waals surface area (Å²) < 4.78 is 39.3. The van der Waals surface area contributed by atoms with Crippen molar-refractivity contribution in [2.24, 2.45) is 0 Å². The number of aryl methyl sites for hydroxylation is 1. The van der Waals surface area contributed by atoms with Crippen LogP contribution in [-0.4, -0.2) is 15.8 Å². The number of hydrogen-bond donors (Lipinski definition) is 2. The Labute approximate surface area is 137 Å². The number of amides is 2. The highest BCUT2D eigenvalue weighted by Gasteiger charge is 2.30. The van der Waals surface area contributed by atoms with Crippen molar-refractivity contribution < 1.29 is 18.0 Å². The number of anilines is 1. The first kappa shape index (κ1) is 17.8. The molecule has 130 valence electrons. The van der Waals surface area contributed by atoms with Gasteiger partial charge in [-0.1, -0.05) is 6.92 Å². The smallest absolute Gasteiger partial charge is 0.331 e. The molecule has 0 saturated carbocycles. The number of carbonyl (C=O) groups is 1. The van der Waals surface area contributed by atoms with E-state index in [2.05, 4.69) is 15.7 Å². The number of hydrogen-bond acceptors (Lipinski definition) is 2. The topological polar surface area (TPSA) is 59.0 Å². The predicted octanol–water partition coefficient (Wildman–Crippen LogP) is 4.19. The molecule has 0 aliphatic heterocycles. The number of alkyl halides is 3. The number of rotatable bonds is 5. The number of aromatic nitrogens is 2. The average Bonchev–Trinajstić information content (AvgIpc) is 3.01. The first-order chi connectivity index (χ1) is 11.3. The first-order valence-corrected chi connectivity index (χ1v) is 7.60. The largest absolute Gasteiger partial charge is 0.416 e. The normalized spacial score (nSPS) is 12.7. The van der Waals surface area contributed by atoms with Crippen molar-refractivity contribution in [2.75, 3.05) is 5.32 Å². The molecule has 2 amide bonds. The lowest BCUT2D eigenvalue weighted by atomic mass is 10.1. The van der Waals surface area contributed by atoms with Gasteiger partial charge >= 0.3 is 12.2 Å². The standard InChI is InChI=1S/C16H19F3N4O/c1-3-14(11-9-20-23(4-2)10-11)22-15(24)21-13-7-5-12(6-8-13)16(17,18)19/h5-10,14H,3-4H2,1-2H3,(H2,21,22,24)/t14-/m1/s1. The maximum atomic E-state index is 12.5. The van der Waals surface area contributed by atoms with Crippen LogP contribution in [0.5, 0.6) is 0 Å². The van der Waals surface area contributed by atoms with Crippen LogP contribution in [0.2, 0.25) is 0 Å². The van der Waals surface area contributed by atoms with Crippen LogP contribution < -0.4 is 10.6 Å². The molecule has 8 heteroatoms. The summed E-state index contributed by atoms with van der Waals surface area (Å²) in [6, 6.07) is 3.60. The Morgan fingerprint density at radius 1 is 1.25 bits per heavy atom. The van der Waals surface area contributed by atoms with Crippen molar-refractivity contribution in [3.05, 3.63) is 47.8 Å². The molecular weight excluding hydrogens is 321 g/mol. The molecule has 0 spiro atoms. The van der Waals surface area contributed by atoms with Gasteiger partial charge in [-0.3, -0.25) is 4.68 Å². The minimum Gasteiger partial charge on any atom is -0.331 e. The van der Waals surface area contributed by atoms with E-state index in [-0.39, 0.29) is 6.04 Å². The number of urea groups is 1. The predicted molar refractivity (Wildman–Crippen MR) is 84.5 cm³/mol. The van der Waals surface area contributed by atoms with Crippen LogP contribution in [0.25, 0.3) is 0 Å². The van der Waals surface area contributed by atoms with Gasteiger partial charge in [0.05, 0.1) is 17.8 Å². The van der Waals surface area contributed by atoms with Gasteiger partial charge in [-0.15, -0.1) is 0 Å². The Morgan fingerprint density at radius 3 is 2.42 bits per heavy atom. The van der Waals surface area contributed by atoms with Gasteiger partial charge in [0.15, 0.2) is 0 Å². The molecule has 0 aliphatic rings. The molecular formula is C16H19F3N4O. The van der Waals surface area contributed by atoms with Crippen molar-refractivity contribution in [1.29, 1.82) is 0 Å². The van der Waals surface area contributed by atoms with E-state index in [9.17, 15) is 18.0 Å². The average molecular weight is 340 g/mol. The summed E-state index contributed by atoms with van der Waals surface area (Å²) in [5.41, 5.74) is 0.411. The molecule has 1 aromatic carbocycles. The third kappa shape index (κ3) is 4.50. The number of nitrogens with zero attached hydrogens (tertiary/aromatic N) is 2. The number of nitrogens with one attached hydrogen (secondary N) is 2. The van der Waals surface area contributed by atoms with Crippen molar-refractivity contribution >= 4 is 11.7 Å². The highest BCUT2D eigenvalue weighted by atomic mass is 19.4. The summed E-state index contributed by atoms with van der Waals surface area (Å²) >= 11 is 0. The van der Waals surface area contributed by atoms with E-state index in [0.717, 1.165) is 24.2 Å². The molecule has 1 atom stereocenters. The minimum absolute atomic E-state index is 0.222. The zero-order chi connectivity index (χ0) is 17.7. The van der Waals surface area contributed by atoms with Gasteiger partial charge in [-0.05, 0) is 37.6 Å². The van der Waals surface area contributed by atoms with Crippen LogP contribution in [0.4, 0.5) is 23.7 Å². The molecule has 0 fully saturated rings. The molecule has 2 N–H and O–H groups in total. The second-order valence-electron chi connectivity index (χ2n) is 5.26. The van der Waals surface area contributed by atoms with Crippen LogP contribution >= 0.6 is 0 Å². The van der Waals surface area contributed by atoms with E-state index in [0.29, 0.717) is 12.1 Å². The fraction of sp³-hybridized carbons (Fsp3) is 0.375. The third-order valence-corrected chi connectivity index (χ3v) is 3.56. The van der Waals surface area contributed by atoms with E-state index in [1.165, 1.54) is 12.1 Å². The summed E-state index contributed by atoms with van der Waals surface area (Å²) in [5, 5.41) is 9.49. The molecule has 1 aromatic heterocycles. The Balaban J connectivity index is 1.98. The van der Waals surface area contributed by atoms with Gasteiger partial charge in [0.25, 0.3) is 0 Å². The maximum Gasteiger partial charge on any atom is 0.416 e. The van der Waals surface area contributed by atoms with Crippen molar-refractivity contribution in [2.45, 2.75) is 39.0 Å². The molecule has 2 aromatic rings. The molecule has 24 heavy (non-hydrogen) atoms. The van der Waals surface area contributed by atoms with Gasteiger partial charge in [0, 0.05) is 24.0 Å². The summed E-state index contributed by atoms with van der Waals surface area (Å²) in [6.45, 7) is 4.61. The minimum atomic E-state index is -4.40. The van der Waals surface area contributed by atoms with Crippen LogP contribution in [0.15, 0.2) is 36.7 Å². The lowest BCUT2D eigenvalue weighted by molar-refractivity contribution is -0.137. The second kappa shape index (κ2) is 7.37. The number of carbonyl (C=O) groups excluding carboxylic acids is 1. The molecule has 2 rings (SSSR count). The van der Waals surface area contributed by atoms with Crippen LogP contribution in [0, 0.1) is 0 Å². The van der Waals surface area contributed by atoms with E-state index >= 15 is 0 Å². The zero-order valence-electron chi connectivity index (χ0n) is 13.4. The Kier molecular flexibility index (Phi) is 5.48. The summed E-state index contributed by atoms with van der Waals surface area (Å²) in [7, 11) is 0. The first-order valence-electron chi connectivity index (χ1n) is 7.60.